The summed E-state index contributed by atoms with van der Waals surface area (Å²) in [5.74, 6) is -0.211. The highest BCUT2D eigenvalue weighted by Crippen LogP contribution is 2.22. The van der Waals surface area contributed by atoms with Crippen LogP contribution in [0, 0.1) is 5.82 Å². The van der Waals surface area contributed by atoms with Crippen LogP contribution >= 0.6 is 11.8 Å². The van der Waals surface area contributed by atoms with Crippen LogP contribution < -0.4 is 4.74 Å². The topological polar surface area (TPSA) is 26.3 Å². The predicted molar refractivity (Wildman–Crippen MR) is 55.7 cm³/mol. The van der Waals surface area contributed by atoms with Crippen molar-refractivity contribution in [3.8, 4) is 5.75 Å². The second kappa shape index (κ2) is 5.00. The van der Waals surface area contributed by atoms with E-state index >= 15 is 0 Å². The summed E-state index contributed by atoms with van der Waals surface area (Å²) in [6.07, 6.45) is 1.80. The SMILES string of the molecule is COc1cccc(F)c1C(=O)CSC. The largest absolute Gasteiger partial charge is 0.496 e. The number of halogens is 1. The average molecular weight is 214 g/mol. The molecule has 1 aromatic rings. The van der Waals surface area contributed by atoms with Crippen LogP contribution in [0.25, 0.3) is 0 Å². The Bertz CT molecular complexity index is 339. The summed E-state index contributed by atoms with van der Waals surface area (Å²) in [5, 5.41) is 0. The Morgan fingerprint density at radius 2 is 2.29 bits per heavy atom. The molecule has 0 radical (unpaired) electrons. The summed E-state index contributed by atoms with van der Waals surface area (Å²) < 4.78 is 18.2. The van der Waals surface area contributed by atoms with Crippen LogP contribution in [0.5, 0.6) is 5.75 Å². The number of carbonyl (C=O) groups is 1. The normalized spacial score (nSPS) is 9.93. The fourth-order valence-corrected chi connectivity index (χ4v) is 1.55. The lowest BCUT2D eigenvalue weighted by Gasteiger charge is -2.07. The molecule has 0 saturated heterocycles. The highest BCUT2D eigenvalue weighted by atomic mass is 32.2. The quantitative estimate of drug-likeness (QED) is 0.720. The lowest BCUT2D eigenvalue weighted by Crippen LogP contribution is -2.07. The van der Waals surface area contributed by atoms with Crippen LogP contribution in [0.15, 0.2) is 18.2 Å². The molecule has 0 aliphatic rings. The molecule has 4 heteroatoms. The van der Waals surface area contributed by atoms with Gasteiger partial charge in [-0.05, 0) is 18.4 Å². The number of hydrogen-bond donors (Lipinski definition) is 0. The highest BCUT2D eigenvalue weighted by Gasteiger charge is 2.16. The number of methoxy groups -OCH3 is 1. The first-order valence-electron chi connectivity index (χ1n) is 4.05. The molecule has 0 amide bonds. The van der Waals surface area contributed by atoms with Crippen molar-refractivity contribution in [3.05, 3.63) is 29.6 Å². The molecule has 0 fully saturated rings. The summed E-state index contributed by atoms with van der Waals surface area (Å²) in [5.41, 5.74) is 0.0457. The molecule has 76 valence electrons. The number of rotatable bonds is 4. The van der Waals surface area contributed by atoms with Crippen LogP contribution in [-0.4, -0.2) is 24.9 Å². The van der Waals surface area contributed by atoms with Gasteiger partial charge in [0.2, 0.25) is 0 Å². The van der Waals surface area contributed by atoms with Gasteiger partial charge in [-0.15, -0.1) is 0 Å². The van der Waals surface area contributed by atoms with Crippen LogP contribution in [0.4, 0.5) is 4.39 Å². The summed E-state index contributed by atoms with van der Waals surface area (Å²) in [6.45, 7) is 0. The number of Topliss-reactive ketones (excluding diaryl/α,β-unsaturated/α-hetero) is 1. The average Bonchev–Trinajstić information content (AvgIpc) is 2.17. The zero-order chi connectivity index (χ0) is 10.6. The Morgan fingerprint density at radius 3 is 2.86 bits per heavy atom. The van der Waals surface area contributed by atoms with Gasteiger partial charge in [0.1, 0.15) is 11.6 Å². The van der Waals surface area contributed by atoms with Crippen LogP contribution in [0.3, 0.4) is 0 Å². The zero-order valence-corrected chi connectivity index (χ0v) is 8.86. The first kappa shape index (κ1) is 11.0. The van der Waals surface area contributed by atoms with E-state index in [4.69, 9.17) is 4.74 Å². The molecular weight excluding hydrogens is 203 g/mol. The monoisotopic (exact) mass is 214 g/mol. The fraction of sp³-hybridized carbons (Fsp3) is 0.300. The van der Waals surface area contributed by atoms with E-state index in [-0.39, 0.29) is 17.1 Å². The van der Waals surface area contributed by atoms with Gasteiger partial charge in [0.05, 0.1) is 18.4 Å². The molecule has 1 rings (SSSR count). The van der Waals surface area contributed by atoms with Gasteiger partial charge in [-0.3, -0.25) is 4.79 Å². The predicted octanol–water partition coefficient (Wildman–Crippen LogP) is 2.38. The van der Waals surface area contributed by atoms with Gasteiger partial charge in [0.25, 0.3) is 0 Å². The van der Waals surface area contributed by atoms with Gasteiger partial charge in [0, 0.05) is 0 Å². The smallest absolute Gasteiger partial charge is 0.179 e. The van der Waals surface area contributed by atoms with E-state index in [2.05, 4.69) is 0 Å². The molecule has 14 heavy (non-hydrogen) atoms. The molecule has 0 aliphatic heterocycles. The molecule has 0 bridgehead atoms. The maximum atomic E-state index is 13.3. The zero-order valence-electron chi connectivity index (χ0n) is 8.04. The lowest BCUT2D eigenvalue weighted by atomic mass is 10.1. The fourth-order valence-electron chi connectivity index (χ4n) is 1.15. The minimum absolute atomic E-state index is 0.0457. The highest BCUT2D eigenvalue weighted by molar-refractivity contribution is 7.99. The summed E-state index contributed by atoms with van der Waals surface area (Å²) in [4.78, 5) is 11.5. The Balaban J connectivity index is 3.10. The second-order valence-corrected chi connectivity index (χ2v) is 3.54. The molecule has 0 spiro atoms. The number of hydrogen-bond acceptors (Lipinski definition) is 3. The molecule has 0 saturated carbocycles. The molecule has 0 aromatic heterocycles. The first-order valence-corrected chi connectivity index (χ1v) is 5.44. The Labute approximate surface area is 86.5 Å². The van der Waals surface area contributed by atoms with E-state index in [1.807, 2.05) is 0 Å². The van der Waals surface area contributed by atoms with Gasteiger partial charge in [-0.1, -0.05) is 6.07 Å². The maximum absolute atomic E-state index is 13.3. The van der Waals surface area contributed by atoms with Crippen molar-refractivity contribution in [2.75, 3.05) is 19.1 Å². The van der Waals surface area contributed by atoms with Crippen molar-refractivity contribution in [2.45, 2.75) is 0 Å². The van der Waals surface area contributed by atoms with E-state index in [0.29, 0.717) is 5.75 Å². The summed E-state index contributed by atoms with van der Waals surface area (Å²) >= 11 is 1.36. The minimum Gasteiger partial charge on any atom is -0.496 e. The van der Waals surface area contributed by atoms with Gasteiger partial charge in [-0.25, -0.2) is 4.39 Å². The van der Waals surface area contributed by atoms with E-state index in [1.165, 1.54) is 31.0 Å². The molecular formula is C10H11FO2S. The van der Waals surface area contributed by atoms with Crippen molar-refractivity contribution < 1.29 is 13.9 Å². The molecule has 0 atom stereocenters. The standard InChI is InChI=1S/C10H11FO2S/c1-13-9-5-3-4-7(11)10(9)8(12)6-14-2/h3-5H,6H2,1-2H3. The van der Waals surface area contributed by atoms with Crippen molar-refractivity contribution >= 4 is 17.5 Å². The van der Waals surface area contributed by atoms with Crippen molar-refractivity contribution in [1.82, 2.24) is 0 Å². The molecule has 0 heterocycles. The lowest BCUT2D eigenvalue weighted by molar-refractivity contribution is 0.101. The molecule has 0 aliphatic carbocycles. The molecule has 0 unspecified atom stereocenters. The third kappa shape index (κ3) is 2.26. The Morgan fingerprint density at radius 1 is 1.57 bits per heavy atom. The number of ketones is 1. The Hall–Kier alpha value is -1.03. The van der Waals surface area contributed by atoms with E-state index in [1.54, 1.807) is 12.3 Å². The molecule has 2 nitrogen and oxygen atoms in total. The third-order valence-electron chi connectivity index (χ3n) is 1.75. The van der Waals surface area contributed by atoms with Gasteiger partial charge in [-0.2, -0.15) is 11.8 Å². The van der Waals surface area contributed by atoms with E-state index in [0.717, 1.165) is 0 Å². The molecule has 1 aromatic carbocycles. The maximum Gasteiger partial charge on any atom is 0.179 e. The summed E-state index contributed by atoms with van der Waals surface area (Å²) in [7, 11) is 1.42. The molecule has 0 N–H and O–H groups in total. The van der Waals surface area contributed by atoms with Crippen molar-refractivity contribution in [3.63, 3.8) is 0 Å². The Kier molecular flexibility index (Phi) is 3.95. The van der Waals surface area contributed by atoms with Crippen molar-refractivity contribution in [1.29, 1.82) is 0 Å². The van der Waals surface area contributed by atoms with E-state index in [9.17, 15) is 9.18 Å². The number of benzene rings is 1. The number of carbonyl (C=O) groups excluding carboxylic acids is 1. The van der Waals surface area contributed by atoms with Crippen LogP contribution in [0.1, 0.15) is 10.4 Å². The van der Waals surface area contributed by atoms with Gasteiger partial charge < -0.3 is 4.74 Å². The summed E-state index contributed by atoms with van der Waals surface area (Å²) in [6, 6.07) is 4.36. The van der Waals surface area contributed by atoms with Crippen LogP contribution in [-0.2, 0) is 0 Å². The van der Waals surface area contributed by atoms with Crippen molar-refractivity contribution in [2.24, 2.45) is 0 Å². The third-order valence-corrected chi connectivity index (χ3v) is 2.30. The minimum atomic E-state index is -0.525. The van der Waals surface area contributed by atoms with E-state index < -0.39 is 5.82 Å². The van der Waals surface area contributed by atoms with Crippen LogP contribution in [0.2, 0.25) is 0 Å². The number of thioether (sulfide) groups is 1. The second-order valence-electron chi connectivity index (χ2n) is 2.67. The van der Waals surface area contributed by atoms with Gasteiger partial charge in [0.15, 0.2) is 5.78 Å². The van der Waals surface area contributed by atoms with Gasteiger partial charge >= 0.3 is 0 Å². The number of ether oxygens (including phenoxy) is 1. The first-order chi connectivity index (χ1) is 6.70.